The summed E-state index contributed by atoms with van der Waals surface area (Å²) in [7, 11) is 0. The lowest BCUT2D eigenvalue weighted by molar-refractivity contribution is 0.0703. The highest BCUT2D eigenvalue weighted by atomic mass is 35.5. The molecule has 0 spiro atoms. The predicted octanol–water partition coefficient (Wildman–Crippen LogP) is 3.65. The molecule has 1 heterocycles. The van der Waals surface area contributed by atoms with Gasteiger partial charge in [0, 0.05) is 25.9 Å². The van der Waals surface area contributed by atoms with E-state index in [9.17, 15) is 4.79 Å². The molecule has 0 aliphatic carbocycles. The molecule has 0 N–H and O–H groups in total. The van der Waals surface area contributed by atoms with E-state index in [1.807, 2.05) is 32.0 Å². The monoisotopic (exact) mass is 297 g/mol. The first-order valence-electron chi connectivity index (χ1n) is 6.94. The molecule has 1 fully saturated rings. The number of benzene rings is 1. The molecule has 4 nitrogen and oxygen atoms in total. The Balaban J connectivity index is 1.88. The summed E-state index contributed by atoms with van der Waals surface area (Å²) in [5, 5.41) is 0.628. The summed E-state index contributed by atoms with van der Waals surface area (Å²) in [5.74, 6) is 0.723. The minimum atomic E-state index is -0.237. The highest BCUT2D eigenvalue weighted by Crippen LogP contribution is 2.28. The Morgan fingerprint density at radius 2 is 2.10 bits per heavy atom. The van der Waals surface area contributed by atoms with Gasteiger partial charge >= 0.3 is 6.09 Å². The van der Waals surface area contributed by atoms with Crippen LogP contribution in [0.5, 0.6) is 5.75 Å². The van der Waals surface area contributed by atoms with E-state index in [4.69, 9.17) is 21.1 Å². The lowest BCUT2D eigenvalue weighted by Crippen LogP contribution is -2.42. The number of piperidine rings is 1. The molecule has 20 heavy (non-hydrogen) atoms. The molecule has 1 saturated heterocycles. The van der Waals surface area contributed by atoms with Gasteiger partial charge in [0.15, 0.2) is 0 Å². The van der Waals surface area contributed by atoms with E-state index in [1.165, 1.54) is 0 Å². The quantitative estimate of drug-likeness (QED) is 0.855. The lowest BCUT2D eigenvalue weighted by Gasteiger charge is -2.31. The molecule has 5 heteroatoms. The van der Waals surface area contributed by atoms with Gasteiger partial charge in [-0.15, -0.1) is 0 Å². The van der Waals surface area contributed by atoms with E-state index in [-0.39, 0.29) is 12.2 Å². The topological polar surface area (TPSA) is 38.8 Å². The molecule has 0 radical (unpaired) electrons. The molecule has 0 atom stereocenters. The standard InChI is InChI=1S/C15H20ClNO3/c1-3-19-15(18)17-8-6-12(7-9-17)20-14-10-11(2)4-5-13(14)16/h4-5,10,12H,3,6-9H2,1-2H3. The van der Waals surface area contributed by atoms with Gasteiger partial charge in [-0.05, 0) is 31.5 Å². The third kappa shape index (κ3) is 3.79. The average molecular weight is 298 g/mol. The fourth-order valence-electron chi connectivity index (χ4n) is 2.25. The van der Waals surface area contributed by atoms with Crippen molar-refractivity contribution in [2.45, 2.75) is 32.8 Å². The molecule has 1 aliphatic heterocycles. The second-order valence-electron chi connectivity index (χ2n) is 4.94. The van der Waals surface area contributed by atoms with Gasteiger partial charge in [-0.25, -0.2) is 4.79 Å². The predicted molar refractivity (Wildman–Crippen MR) is 78.4 cm³/mol. The van der Waals surface area contributed by atoms with Crippen molar-refractivity contribution in [3.63, 3.8) is 0 Å². The second kappa shape index (κ2) is 6.84. The first-order chi connectivity index (χ1) is 9.60. The van der Waals surface area contributed by atoms with Gasteiger partial charge in [0.1, 0.15) is 11.9 Å². The normalized spacial score (nSPS) is 16.1. The number of halogens is 1. The summed E-state index contributed by atoms with van der Waals surface area (Å²) in [6, 6.07) is 5.75. The van der Waals surface area contributed by atoms with Crippen molar-refractivity contribution in [3.8, 4) is 5.75 Å². The minimum Gasteiger partial charge on any atom is -0.489 e. The minimum absolute atomic E-state index is 0.0972. The zero-order chi connectivity index (χ0) is 14.5. The van der Waals surface area contributed by atoms with Gasteiger partial charge in [-0.3, -0.25) is 0 Å². The molecule has 1 aromatic rings. The Kier molecular flexibility index (Phi) is 5.12. The SMILES string of the molecule is CCOC(=O)N1CCC(Oc2cc(C)ccc2Cl)CC1. The van der Waals surface area contributed by atoms with E-state index < -0.39 is 0 Å². The van der Waals surface area contributed by atoms with Crippen LogP contribution in [-0.2, 0) is 4.74 Å². The summed E-state index contributed by atoms with van der Waals surface area (Å²) in [6.07, 6.45) is 1.45. The molecule has 1 aromatic carbocycles. The number of nitrogens with zero attached hydrogens (tertiary/aromatic N) is 1. The van der Waals surface area contributed by atoms with E-state index in [0.29, 0.717) is 24.7 Å². The molecule has 1 aliphatic rings. The number of hydrogen-bond donors (Lipinski definition) is 0. The van der Waals surface area contributed by atoms with Gasteiger partial charge < -0.3 is 14.4 Å². The number of hydrogen-bond acceptors (Lipinski definition) is 3. The Labute approximate surface area is 124 Å². The second-order valence-corrected chi connectivity index (χ2v) is 5.34. The molecule has 0 bridgehead atoms. The number of likely N-dealkylation sites (tertiary alicyclic amines) is 1. The maximum Gasteiger partial charge on any atom is 0.409 e. The molecular formula is C15H20ClNO3. The van der Waals surface area contributed by atoms with Gasteiger partial charge in [-0.2, -0.15) is 0 Å². The maximum absolute atomic E-state index is 11.6. The Bertz CT molecular complexity index is 470. The van der Waals surface area contributed by atoms with Crippen molar-refractivity contribution in [2.24, 2.45) is 0 Å². The Morgan fingerprint density at radius 3 is 2.75 bits per heavy atom. The summed E-state index contributed by atoms with van der Waals surface area (Å²) in [6.45, 7) is 5.55. The van der Waals surface area contributed by atoms with Gasteiger partial charge in [-0.1, -0.05) is 17.7 Å². The molecule has 2 rings (SSSR count). The van der Waals surface area contributed by atoms with Crippen LogP contribution in [0.25, 0.3) is 0 Å². The van der Waals surface area contributed by atoms with Gasteiger partial charge in [0.2, 0.25) is 0 Å². The number of amides is 1. The molecule has 1 amide bonds. The average Bonchev–Trinajstić information content (AvgIpc) is 2.44. The Hall–Kier alpha value is -1.42. The van der Waals surface area contributed by atoms with E-state index in [2.05, 4.69) is 0 Å². The number of ether oxygens (including phenoxy) is 2. The smallest absolute Gasteiger partial charge is 0.409 e. The van der Waals surface area contributed by atoms with E-state index in [0.717, 1.165) is 24.2 Å². The summed E-state index contributed by atoms with van der Waals surface area (Å²) >= 11 is 6.13. The van der Waals surface area contributed by atoms with Crippen LogP contribution in [0.1, 0.15) is 25.3 Å². The molecule has 0 aromatic heterocycles. The van der Waals surface area contributed by atoms with Crippen LogP contribution in [0, 0.1) is 6.92 Å². The Morgan fingerprint density at radius 1 is 1.40 bits per heavy atom. The maximum atomic E-state index is 11.6. The van der Waals surface area contributed by atoms with Crippen LogP contribution in [0.3, 0.4) is 0 Å². The fourth-order valence-corrected chi connectivity index (χ4v) is 2.41. The largest absolute Gasteiger partial charge is 0.489 e. The number of carbonyl (C=O) groups is 1. The number of aryl methyl sites for hydroxylation is 1. The highest BCUT2D eigenvalue weighted by molar-refractivity contribution is 6.32. The first-order valence-corrected chi connectivity index (χ1v) is 7.32. The summed E-state index contributed by atoms with van der Waals surface area (Å²) in [4.78, 5) is 13.3. The van der Waals surface area contributed by atoms with Crippen LogP contribution in [0.2, 0.25) is 5.02 Å². The van der Waals surface area contributed by atoms with Crippen LogP contribution in [0.15, 0.2) is 18.2 Å². The van der Waals surface area contributed by atoms with Crippen LogP contribution in [-0.4, -0.2) is 36.8 Å². The number of rotatable bonds is 3. The zero-order valence-electron chi connectivity index (χ0n) is 11.9. The van der Waals surface area contributed by atoms with Crippen molar-refractivity contribution in [1.82, 2.24) is 4.90 Å². The highest BCUT2D eigenvalue weighted by Gasteiger charge is 2.25. The third-order valence-electron chi connectivity index (χ3n) is 3.35. The van der Waals surface area contributed by atoms with Gasteiger partial charge in [0.25, 0.3) is 0 Å². The van der Waals surface area contributed by atoms with Crippen molar-refractivity contribution < 1.29 is 14.3 Å². The molecule has 0 saturated carbocycles. The van der Waals surface area contributed by atoms with Crippen molar-refractivity contribution in [3.05, 3.63) is 28.8 Å². The third-order valence-corrected chi connectivity index (χ3v) is 3.66. The molecule has 0 unspecified atom stereocenters. The summed E-state index contributed by atoms with van der Waals surface area (Å²) < 4.78 is 10.9. The van der Waals surface area contributed by atoms with Crippen molar-refractivity contribution in [2.75, 3.05) is 19.7 Å². The van der Waals surface area contributed by atoms with Crippen LogP contribution >= 0.6 is 11.6 Å². The fraction of sp³-hybridized carbons (Fsp3) is 0.533. The zero-order valence-corrected chi connectivity index (χ0v) is 12.7. The number of carbonyl (C=O) groups excluding carboxylic acids is 1. The molecule has 110 valence electrons. The first kappa shape index (κ1) is 15.0. The van der Waals surface area contributed by atoms with Crippen LogP contribution < -0.4 is 4.74 Å². The van der Waals surface area contributed by atoms with Gasteiger partial charge in [0.05, 0.1) is 11.6 Å². The molecular weight excluding hydrogens is 278 g/mol. The lowest BCUT2D eigenvalue weighted by atomic mass is 10.1. The van der Waals surface area contributed by atoms with Crippen LogP contribution in [0.4, 0.5) is 4.79 Å². The van der Waals surface area contributed by atoms with Crippen molar-refractivity contribution in [1.29, 1.82) is 0 Å². The van der Waals surface area contributed by atoms with E-state index in [1.54, 1.807) is 4.90 Å². The van der Waals surface area contributed by atoms with Crippen molar-refractivity contribution >= 4 is 17.7 Å². The van der Waals surface area contributed by atoms with E-state index >= 15 is 0 Å². The summed E-state index contributed by atoms with van der Waals surface area (Å²) in [5.41, 5.74) is 1.12.